The number of aromatic nitrogens is 1. The maximum atomic E-state index is 13.6. The molecule has 1 fully saturated rings. The Labute approximate surface area is 383 Å². The van der Waals surface area contributed by atoms with E-state index in [0.29, 0.717) is 18.7 Å². The molecule has 0 spiro atoms. The summed E-state index contributed by atoms with van der Waals surface area (Å²) in [6.07, 6.45) is 0.811. The zero-order valence-corrected chi connectivity index (χ0v) is 40.7. The van der Waals surface area contributed by atoms with Crippen molar-refractivity contribution in [2.45, 2.75) is 81.6 Å². The van der Waals surface area contributed by atoms with E-state index in [0.717, 1.165) is 10.4 Å². The number of nitrogens with zero attached hydrogens (tertiary/aromatic N) is 1. The van der Waals surface area contributed by atoms with E-state index in [1.165, 1.54) is 52.2 Å². The van der Waals surface area contributed by atoms with Crippen molar-refractivity contribution in [3.63, 3.8) is 0 Å². The third kappa shape index (κ3) is 10.8. The average molecular weight is 936 g/mol. The van der Waals surface area contributed by atoms with Crippen LogP contribution >= 0.6 is 11.3 Å². The summed E-state index contributed by atoms with van der Waals surface area (Å²) in [6.45, 7) is 13.2. The minimum atomic E-state index is -3.82. The van der Waals surface area contributed by atoms with Crippen molar-refractivity contribution in [2.24, 2.45) is 0 Å². The topological polar surface area (TPSA) is 153 Å². The molecule has 6 aromatic rings. The van der Waals surface area contributed by atoms with Crippen molar-refractivity contribution < 1.29 is 36.7 Å². The molecule has 0 unspecified atom stereocenters. The molecule has 1 aliphatic heterocycles. The molecule has 0 bridgehead atoms. The van der Waals surface area contributed by atoms with Gasteiger partial charge in [0.1, 0.15) is 12.2 Å². The predicted octanol–water partition coefficient (Wildman–Crippen LogP) is 7.09. The van der Waals surface area contributed by atoms with Gasteiger partial charge in [0.15, 0.2) is 5.13 Å². The number of sulfonamides is 1. The number of nitrogens with one attached hydrogen (secondary N) is 2. The number of aliphatic hydroxyl groups excluding tert-OH is 1. The van der Waals surface area contributed by atoms with Crippen LogP contribution in [0.5, 0.6) is 0 Å². The molecule has 15 heteroatoms. The number of aliphatic hydroxyl groups is 1. The molecule has 5 aromatic carbocycles. The fraction of sp³-hybridized carbons (Fsp3) is 0.286. The van der Waals surface area contributed by atoms with Crippen LogP contribution in [-0.4, -0.2) is 72.4 Å². The summed E-state index contributed by atoms with van der Waals surface area (Å²) in [5.41, 5.74) is 0.409. The number of esters is 1. The highest BCUT2D eigenvalue weighted by Crippen LogP contribution is 2.39. The van der Waals surface area contributed by atoms with Crippen molar-refractivity contribution >= 4 is 81.4 Å². The van der Waals surface area contributed by atoms with Crippen LogP contribution in [0, 0.1) is 0 Å². The number of hydrogen-bond acceptors (Lipinski definition) is 10. The minimum Gasteiger partial charge on any atom is -0.464 e. The maximum Gasteiger partial charge on any atom is 0.334 e. The third-order valence-corrected chi connectivity index (χ3v) is 23.4. The maximum absolute atomic E-state index is 13.6. The van der Waals surface area contributed by atoms with Crippen LogP contribution in [0.3, 0.4) is 0 Å². The molecule has 0 radical (unpaired) electrons. The van der Waals surface area contributed by atoms with Crippen LogP contribution in [0.2, 0.25) is 10.1 Å². The first-order valence-electron chi connectivity index (χ1n) is 21.2. The second-order valence-electron chi connectivity index (χ2n) is 17.5. The Bertz CT molecular complexity index is 2440. The average Bonchev–Trinajstić information content (AvgIpc) is 3.95. The van der Waals surface area contributed by atoms with Gasteiger partial charge in [-0.25, -0.2) is 18.2 Å². The normalized spacial score (nSPS) is 15.0. The number of carbonyl (C=O) groups excluding carboxylic acids is 2. The van der Waals surface area contributed by atoms with Gasteiger partial charge in [0.05, 0.1) is 11.5 Å². The first kappa shape index (κ1) is 48.2. The molecule has 336 valence electrons. The second kappa shape index (κ2) is 20.7. The standard InChI is InChI=1S/C29H33N3O5S2Si.C20H24O3Si/c1-29(2,3)40(24-10-6-4-7-11-24,25-12-8-5-9-13-25)37-26(18-20-33)27(34)31-22-14-16-23(17-15-22)39(35,36)32-28-30-19-21-38-28;1-20(2,3)24(16-10-6-4-7-11-16,17-12-8-5-9-13-17)23-18-14-15-22-19(18)21/h4-17,19,21,26,33H,18,20H2,1-3H3,(H,30,32)(H,31,34);4-13,18H,14-15H2,1-3H3/t26-;18-/m11/s1. The monoisotopic (exact) mass is 935 g/mol. The fourth-order valence-corrected chi connectivity index (χ4v) is 19.3. The van der Waals surface area contributed by atoms with Crippen molar-refractivity contribution in [2.75, 3.05) is 23.3 Å². The van der Waals surface area contributed by atoms with Crippen molar-refractivity contribution in [1.82, 2.24) is 4.98 Å². The van der Waals surface area contributed by atoms with E-state index in [1.807, 2.05) is 97.1 Å². The Kier molecular flexibility index (Phi) is 15.6. The summed E-state index contributed by atoms with van der Waals surface area (Å²) in [7, 11) is -9.54. The number of benzene rings is 5. The van der Waals surface area contributed by atoms with Gasteiger partial charge < -0.3 is 24.0 Å². The number of cyclic esters (lactones) is 1. The second-order valence-corrected chi connectivity index (χ2v) is 28.5. The molecule has 7 rings (SSSR count). The van der Waals surface area contributed by atoms with E-state index in [4.69, 9.17) is 13.6 Å². The molecule has 1 saturated heterocycles. The Morgan fingerprint density at radius 3 is 1.62 bits per heavy atom. The number of rotatable bonds is 15. The summed E-state index contributed by atoms with van der Waals surface area (Å²) in [5, 5.41) is 18.6. The number of amides is 1. The summed E-state index contributed by atoms with van der Waals surface area (Å²) >= 11 is 1.18. The van der Waals surface area contributed by atoms with E-state index in [1.54, 1.807) is 5.38 Å². The zero-order valence-electron chi connectivity index (χ0n) is 37.1. The van der Waals surface area contributed by atoms with Crippen LogP contribution in [0.1, 0.15) is 54.4 Å². The van der Waals surface area contributed by atoms with Gasteiger partial charge in [-0.15, -0.1) is 11.3 Å². The van der Waals surface area contributed by atoms with Gasteiger partial charge in [-0.3, -0.25) is 9.52 Å². The zero-order chi connectivity index (χ0) is 46.0. The van der Waals surface area contributed by atoms with E-state index >= 15 is 0 Å². The summed E-state index contributed by atoms with van der Waals surface area (Å²) in [6, 6.07) is 46.5. The van der Waals surface area contributed by atoms with Gasteiger partial charge in [-0.2, -0.15) is 0 Å². The molecular formula is C49H57N3O8S2Si2. The molecule has 1 aromatic heterocycles. The van der Waals surface area contributed by atoms with Gasteiger partial charge >= 0.3 is 5.97 Å². The molecule has 2 atom stereocenters. The van der Waals surface area contributed by atoms with Crippen molar-refractivity contribution in [1.29, 1.82) is 0 Å². The lowest BCUT2D eigenvalue weighted by Crippen LogP contribution is -2.68. The van der Waals surface area contributed by atoms with Gasteiger partial charge in [0.25, 0.3) is 32.6 Å². The summed E-state index contributed by atoms with van der Waals surface area (Å²) < 4.78 is 46.6. The fourth-order valence-electron chi connectivity index (χ4n) is 8.14. The molecule has 2 heterocycles. The molecule has 0 aliphatic carbocycles. The lowest BCUT2D eigenvalue weighted by atomic mass is 10.2. The lowest BCUT2D eigenvalue weighted by molar-refractivity contribution is -0.143. The molecule has 64 heavy (non-hydrogen) atoms. The van der Waals surface area contributed by atoms with Crippen molar-refractivity contribution in [3.8, 4) is 0 Å². The lowest BCUT2D eigenvalue weighted by Gasteiger charge is -2.44. The van der Waals surface area contributed by atoms with E-state index in [-0.39, 0.29) is 39.1 Å². The van der Waals surface area contributed by atoms with Crippen LogP contribution in [0.15, 0.2) is 162 Å². The van der Waals surface area contributed by atoms with Gasteiger partial charge in [0.2, 0.25) is 0 Å². The molecule has 3 N–H and O–H groups in total. The Hall–Kier alpha value is -5.27. The first-order valence-corrected chi connectivity index (χ1v) is 27.4. The number of hydrogen-bond donors (Lipinski definition) is 3. The van der Waals surface area contributed by atoms with E-state index < -0.39 is 44.8 Å². The van der Waals surface area contributed by atoms with Crippen LogP contribution in [0.4, 0.5) is 10.8 Å². The predicted molar refractivity (Wildman–Crippen MR) is 260 cm³/mol. The Morgan fingerprint density at radius 2 is 1.23 bits per heavy atom. The highest BCUT2D eigenvalue weighted by Gasteiger charge is 2.54. The third-order valence-electron chi connectivity index (χ3n) is 11.1. The highest BCUT2D eigenvalue weighted by atomic mass is 32.2. The molecule has 0 saturated carbocycles. The summed E-state index contributed by atoms with van der Waals surface area (Å²) in [5.74, 6) is -0.651. The number of anilines is 2. The molecule has 1 aliphatic rings. The number of ether oxygens (including phenoxy) is 1. The molecular weight excluding hydrogens is 879 g/mol. The van der Waals surface area contributed by atoms with Crippen LogP contribution in [-0.2, 0) is 33.2 Å². The van der Waals surface area contributed by atoms with E-state index in [2.05, 4.69) is 80.8 Å². The van der Waals surface area contributed by atoms with Crippen LogP contribution in [0.25, 0.3) is 0 Å². The van der Waals surface area contributed by atoms with Gasteiger partial charge in [-0.05, 0) is 55.1 Å². The van der Waals surface area contributed by atoms with Crippen LogP contribution < -0.4 is 30.8 Å². The van der Waals surface area contributed by atoms with Gasteiger partial charge in [0, 0.05) is 36.7 Å². The largest absolute Gasteiger partial charge is 0.464 e. The molecule has 11 nitrogen and oxygen atoms in total. The highest BCUT2D eigenvalue weighted by molar-refractivity contribution is 7.93. The quantitative estimate of drug-likeness (QED) is 0.0724. The Balaban J connectivity index is 0.000000241. The number of carbonyl (C=O) groups is 2. The first-order chi connectivity index (χ1) is 30.5. The Morgan fingerprint density at radius 1 is 0.766 bits per heavy atom. The van der Waals surface area contributed by atoms with Crippen molar-refractivity contribution in [3.05, 3.63) is 157 Å². The SMILES string of the molecule is CC(C)(C)[Si](O[C@@H]1CCOC1=O)(c1ccccc1)c1ccccc1.CC(C)(C)[Si](O[C@H](CCO)C(=O)Nc1ccc(S(=O)(=O)Nc2nccs2)cc1)(c1ccccc1)c1ccccc1. The smallest absolute Gasteiger partial charge is 0.334 e. The molecule has 1 amide bonds. The van der Waals surface area contributed by atoms with E-state index in [9.17, 15) is 23.1 Å². The summed E-state index contributed by atoms with van der Waals surface area (Å²) in [4.78, 5) is 29.7. The minimum absolute atomic E-state index is 0.0381. The van der Waals surface area contributed by atoms with Gasteiger partial charge in [-0.1, -0.05) is 163 Å². The number of thiazole rings is 1.